The van der Waals surface area contributed by atoms with Gasteiger partial charge < -0.3 is 15.4 Å². The molecule has 0 bridgehead atoms. The van der Waals surface area contributed by atoms with Gasteiger partial charge in [0.15, 0.2) is 0 Å². The Morgan fingerprint density at radius 3 is 2.57 bits per heavy atom. The van der Waals surface area contributed by atoms with Gasteiger partial charge in [-0.25, -0.2) is 0 Å². The normalized spacial score (nSPS) is 10.5. The highest BCUT2D eigenvalue weighted by molar-refractivity contribution is 7.13. The molecule has 0 aliphatic rings. The summed E-state index contributed by atoms with van der Waals surface area (Å²) in [5.41, 5.74) is 3.28. The molecule has 1 aromatic heterocycles. The summed E-state index contributed by atoms with van der Waals surface area (Å²) >= 11 is 1.17. The van der Waals surface area contributed by atoms with Gasteiger partial charge in [0.1, 0.15) is 5.01 Å². The summed E-state index contributed by atoms with van der Waals surface area (Å²) in [6.07, 6.45) is 0. The SMILES string of the molecule is COCc1nnc(C(=O)Nc2ccc(C(=O)NCc3cccc(C)c3)cc2)s1. The van der Waals surface area contributed by atoms with Crippen molar-refractivity contribution in [3.05, 3.63) is 75.2 Å². The van der Waals surface area contributed by atoms with Crippen molar-refractivity contribution in [2.24, 2.45) is 0 Å². The molecule has 144 valence electrons. The second-order valence-corrected chi connectivity index (χ2v) is 7.20. The van der Waals surface area contributed by atoms with E-state index in [9.17, 15) is 9.59 Å². The molecule has 1 heterocycles. The van der Waals surface area contributed by atoms with Gasteiger partial charge in [0.2, 0.25) is 5.01 Å². The number of ether oxygens (including phenoxy) is 1. The Hall–Kier alpha value is -3.10. The number of rotatable bonds is 7. The topological polar surface area (TPSA) is 93.2 Å². The van der Waals surface area contributed by atoms with Gasteiger partial charge in [-0.1, -0.05) is 41.2 Å². The number of aryl methyl sites for hydroxylation is 1. The van der Waals surface area contributed by atoms with Gasteiger partial charge in [-0.2, -0.15) is 0 Å². The average Bonchev–Trinajstić information content (AvgIpc) is 3.16. The van der Waals surface area contributed by atoms with Crippen LogP contribution < -0.4 is 10.6 Å². The summed E-state index contributed by atoms with van der Waals surface area (Å²) < 4.78 is 4.97. The molecule has 0 aliphatic heterocycles. The number of aromatic nitrogens is 2. The van der Waals surface area contributed by atoms with Crippen LogP contribution in [0.5, 0.6) is 0 Å². The lowest BCUT2D eigenvalue weighted by molar-refractivity contribution is 0.0950. The zero-order valence-corrected chi connectivity index (χ0v) is 16.4. The van der Waals surface area contributed by atoms with Gasteiger partial charge in [-0.3, -0.25) is 9.59 Å². The van der Waals surface area contributed by atoms with E-state index >= 15 is 0 Å². The van der Waals surface area contributed by atoms with E-state index in [4.69, 9.17) is 4.74 Å². The fourth-order valence-corrected chi connectivity index (χ4v) is 3.23. The van der Waals surface area contributed by atoms with E-state index < -0.39 is 0 Å². The third kappa shape index (κ3) is 5.21. The van der Waals surface area contributed by atoms with Crippen molar-refractivity contribution in [1.82, 2.24) is 15.5 Å². The molecule has 2 N–H and O–H groups in total. The molecule has 28 heavy (non-hydrogen) atoms. The Bertz CT molecular complexity index is 970. The summed E-state index contributed by atoms with van der Waals surface area (Å²) in [5, 5.41) is 14.3. The monoisotopic (exact) mass is 396 g/mol. The van der Waals surface area contributed by atoms with Gasteiger partial charge in [0.25, 0.3) is 11.8 Å². The number of carbonyl (C=O) groups is 2. The fraction of sp³-hybridized carbons (Fsp3) is 0.200. The fourth-order valence-electron chi connectivity index (χ4n) is 2.52. The second-order valence-electron chi connectivity index (χ2n) is 6.14. The molecule has 2 amide bonds. The molecule has 0 saturated carbocycles. The highest BCUT2D eigenvalue weighted by Gasteiger charge is 2.13. The van der Waals surface area contributed by atoms with E-state index in [1.807, 2.05) is 31.2 Å². The first-order chi connectivity index (χ1) is 13.5. The van der Waals surface area contributed by atoms with Crippen molar-refractivity contribution in [3.8, 4) is 0 Å². The number of nitrogens with one attached hydrogen (secondary N) is 2. The number of nitrogens with zero attached hydrogens (tertiary/aromatic N) is 2. The first kappa shape index (κ1) is 19.7. The predicted octanol–water partition coefficient (Wildman–Crippen LogP) is 3.18. The molecule has 3 rings (SSSR count). The van der Waals surface area contributed by atoms with E-state index in [1.165, 1.54) is 11.3 Å². The maximum Gasteiger partial charge on any atom is 0.286 e. The zero-order valence-electron chi connectivity index (χ0n) is 15.6. The molecular weight excluding hydrogens is 376 g/mol. The standard InChI is InChI=1S/C20H20N4O3S/c1-13-4-3-5-14(10-13)11-21-18(25)15-6-8-16(9-7-15)22-19(26)20-24-23-17(28-20)12-27-2/h3-10H,11-12H2,1-2H3,(H,21,25)(H,22,26). The minimum Gasteiger partial charge on any atom is -0.377 e. The smallest absolute Gasteiger partial charge is 0.286 e. The van der Waals surface area contributed by atoms with Crippen molar-refractivity contribution in [2.75, 3.05) is 12.4 Å². The lowest BCUT2D eigenvalue weighted by Gasteiger charge is -2.07. The van der Waals surface area contributed by atoms with Gasteiger partial charge in [0.05, 0.1) is 6.61 Å². The van der Waals surface area contributed by atoms with Crippen LogP contribution in [0.2, 0.25) is 0 Å². The maximum absolute atomic E-state index is 12.3. The van der Waals surface area contributed by atoms with Crippen LogP contribution in [0.25, 0.3) is 0 Å². The minimum absolute atomic E-state index is 0.173. The van der Waals surface area contributed by atoms with Crippen LogP contribution in [0.1, 0.15) is 36.3 Å². The van der Waals surface area contributed by atoms with Gasteiger partial charge in [0, 0.05) is 24.9 Å². The molecule has 0 saturated heterocycles. The van der Waals surface area contributed by atoms with Gasteiger partial charge in [-0.05, 0) is 36.8 Å². The molecule has 3 aromatic rings. The van der Waals surface area contributed by atoms with Crippen molar-refractivity contribution < 1.29 is 14.3 Å². The van der Waals surface area contributed by atoms with Crippen LogP contribution in [-0.4, -0.2) is 29.1 Å². The van der Waals surface area contributed by atoms with Crippen LogP contribution in [0, 0.1) is 6.92 Å². The number of amides is 2. The van der Waals surface area contributed by atoms with Crippen LogP contribution in [0.3, 0.4) is 0 Å². The summed E-state index contributed by atoms with van der Waals surface area (Å²) in [4.78, 5) is 24.5. The van der Waals surface area contributed by atoms with E-state index in [0.29, 0.717) is 29.4 Å². The third-order valence-corrected chi connectivity index (χ3v) is 4.76. The molecule has 0 unspecified atom stereocenters. The summed E-state index contributed by atoms with van der Waals surface area (Å²) in [6.45, 7) is 2.79. The zero-order chi connectivity index (χ0) is 19.9. The highest BCUT2D eigenvalue weighted by atomic mass is 32.1. The summed E-state index contributed by atoms with van der Waals surface area (Å²) in [7, 11) is 1.56. The van der Waals surface area contributed by atoms with Crippen molar-refractivity contribution >= 4 is 28.8 Å². The lowest BCUT2D eigenvalue weighted by atomic mass is 10.1. The van der Waals surface area contributed by atoms with Gasteiger partial charge >= 0.3 is 0 Å². The second kappa shape index (κ2) is 9.20. The number of anilines is 1. The Labute approximate surface area is 166 Å². The van der Waals surface area contributed by atoms with Crippen molar-refractivity contribution in [1.29, 1.82) is 0 Å². The molecule has 0 atom stereocenters. The molecule has 0 radical (unpaired) electrons. The van der Waals surface area contributed by atoms with E-state index in [0.717, 1.165) is 11.1 Å². The molecule has 0 fully saturated rings. The highest BCUT2D eigenvalue weighted by Crippen LogP contribution is 2.15. The third-order valence-electron chi connectivity index (χ3n) is 3.87. The van der Waals surface area contributed by atoms with E-state index in [-0.39, 0.29) is 16.8 Å². The van der Waals surface area contributed by atoms with E-state index in [2.05, 4.69) is 20.8 Å². The first-order valence-corrected chi connectivity index (χ1v) is 9.43. The summed E-state index contributed by atoms with van der Waals surface area (Å²) in [6, 6.07) is 14.7. The van der Waals surface area contributed by atoms with Crippen LogP contribution in [0.15, 0.2) is 48.5 Å². The van der Waals surface area contributed by atoms with Crippen molar-refractivity contribution in [3.63, 3.8) is 0 Å². The molecule has 7 nitrogen and oxygen atoms in total. The largest absolute Gasteiger partial charge is 0.377 e. The number of methoxy groups -OCH3 is 1. The Morgan fingerprint density at radius 1 is 1.07 bits per heavy atom. The van der Waals surface area contributed by atoms with Crippen molar-refractivity contribution in [2.45, 2.75) is 20.1 Å². The average molecular weight is 396 g/mol. The molecule has 8 heteroatoms. The Balaban J connectivity index is 1.56. The molecule has 0 spiro atoms. The predicted molar refractivity (Wildman–Crippen MR) is 107 cm³/mol. The molecular formula is C20H20N4O3S. The maximum atomic E-state index is 12.3. The van der Waals surface area contributed by atoms with Gasteiger partial charge in [-0.15, -0.1) is 10.2 Å². The molecule has 0 aliphatic carbocycles. The number of hydrogen-bond donors (Lipinski definition) is 2. The van der Waals surface area contributed by atoms with Crippen LogP contribution in [-0.2, 0) is 17.9 Å². The van der Waals surface area contributed by atoms with E-state index in [1.54, 1.807) is 31.4 Å². The molecule has 2 aromatic carbocycles. The first-order valence-electron chi connectivity index (χ1n) is 8.61. The quantitative estimate of drug-likeness (QED) is 0.640. The Morgan fingerprint density at radius 2 is 1.86 bits per heavy atom. The Kier molecular flexibility index (Phi) is 6.46. The van der Waals surface area contributed by atoms with Crippen LogP contribution in [0.4, 0.5) is 5.69 Å². The summed E-state index contributed by atoms with van der Waals surface area (Å²) in [5.74, 6) is -0.524. The minimum atomic E-state index is -0.350. The lowest BCUT2D eigenvalue weighted by Crippen LogP contribution is -2.22. The van der Waals surface area contributed by atoms with Crippen LogP contribution >= 0.6 is 11.3 Å². The number of carbonyl (C=O) groups excluding carboxylic acids is 2. The number of benzene rings is 2. The number of hydrogen-bond acceptors (Lipinski definition) is 6.